The van der Waals surface area contributed by atoms with E-state index in [1.54, 1.807) is 0 Å². The van der Waals surface area contributed by atoms with Gasteiger partial charge < -0.3 is 25.2 Å². The van der Waals surface area contributed by atoms with E-state index < -0.39 is 30.1 Å². The smallest absolute Gasteiger partial charge is 0.341 e. The van der Waals surface area contributed by atoms with Gasteiger partial charge in [0, 0.05) is 0 Å². The molecule has 4 N–H and O–H groups in total. The van der Waals surface area contributed by atoms with E-state index in [9.17, 15) is 9.90 Å². The third kappa shape index (κ3) is 1.00. The first-order valence-electron chi connectivity index (χ1n) is 3.38. The molecule has 1 aliphatic heterocycles. The Hall–Kier alpha value is -0.690. The summed E-state index contributed by atoms with van der Waals surface area (Å²) in [7, 11) is 0. The molecule has 6 nitrogen and oxygen atoms in total. The SMILES string of the molecule is C[C@H]1OC(O)[C@H](O)[C@]1(O)C(=O)O. The molecule has 0 amide bonds. The summed E-state index contributed by atoms with van der Waals surface area (Å²) in [5.41, 5.74) is -2.42. The Kier molecular flexibility index (Phi) is 2.09. The maximum Gasteiger partial charge on any atom is 0.341 e. The van der Waals surface area contributed by atoms with Crippen LogP contribution in [0.5, 0.6) is 0 Å². The molecular weight excluding hydrogens is 168 g/mol. The van der Waals surface area contributed by atoms with E-state index in [1.807, 2.05) is 0 Å². The van der Waals surface area contributed by atoms with Gasteiger partial charge in [0.1, 0.15) is 12.2 Å². The van der Waals surface area contributed by atoms with Crippen molar-refractivity contribution in [2.45, 2.75) is 31.0 Å². The van der Waals surface area contributed by atoms with Gasteiger partial charge in [-0.3, -0.25) is 0 Å². The van der Waals surface area contributed by atoms with E-state index in [2.05, 4.69) is 4.74 Å². The van der Waals surface area contributed by atoms with E-state index in [1.165, 1.54) is 6.92 Å². The van der Waals surface area contributed by atoms with Gasteiger partial charge in [-0.25, -0.2) is 4.79 Å². The van der Waals surface area contributed by atoms with Crippen LogP contribution in [0.2, 0.25) is 0 Å². The number of hydrogen-bond acceptors (Lipinski definition) is 5. The monoisotopic (exact) mass is 178 g/mol. The molecule has 0 saturated carbocycles. The second kappa shape index (κ2) is 2.67. The van der Waals surface area contributed by atoms with Crippen molar-refractivity contribution in [1.29, 1.82) is 0 Å². The molecule has 1 aliphatic rings. The van der Waals surface area contributed by atoms with Gasteiger partial charge in [0.25, 0.3) is 0 Å². The first-order chi connectivity index (χ1) is 5.40. The summed E-state index contributed by atoms with van der Waals surface area (Å²) in [4.78, 5) is 10.5. The molecular formula is C6H10O6. The molecule has 4 atom stereocenters. The molecule has 0 spiro atoms. The Labute approximate surface area is 68.0 Å². The topological polar surface area (TPSA) is 107 Å². The van der Waals surface area contributed by atoms with E-state index >= 15 is 0 Å². The molecule has 1 saturated heterocycles. The van der Waals surface area contributed by atoms with Crippen molar-refractivity contribution in [3.63, 3.8) is 0 Å². The molecule has 0 radical (unpaired) electrons. The van der Waals surface area contributed by atoms with Gasteiger partial charge in [-0.05, 0) is 6.92 Å². The Morgan fingerprint density at radius 3 is 2.17 bits per heavy atom. The number of carboxylic acids is 1. The van der Waals surface area contributed by atoms with Gasteiger partial charge in [0.2, 0.25) is 5.60 Å². The fraction of sp³-hybridized carbons (Fsp3) is 0.833. The van der Waals surface area contributed by atoms with Crippen LogP contribution in [0, 0.1) is 0 Å². The molecule has 0 aliphatic carbocycles. The quantitative estimate of drug-likeness (QED) is 0.366. The number of rotatable bonds is 1. The van der Waals surface area contributed by atoms with Crippen molar-refractivity contribution in [1.82, 2.24) is 0 Å². The summed E-state index contributed by atoms with van der Waals surface area (Å²) in [6.45, 7) is 1.26. The maximum atomic E-state index is 10.5. The Morgan fingerprint density at radius 1 is 1.50 bits per heavy atom. The van der Waals surface area contributed by atoms with Crippen LogP contribution < -0.4 is 0 Å². The Balaban J connectivity index is 2.95. The molecule has 0 aromatic carbocycles. The number of aliphatic carboxylic acids is 1. The lowest BCUT2D eigenvalue weighted by Gasteiger charge is -2.23. The third-order valence-electron chi connectivity index (χ3n) is 2.03. The molecule has 0 bridgehead atoms. The van der Waals surface area contributed by atoms with Crippen LogP contribution in [0.4, 0.5) is 0 Å². The van der Waals surface area contributed by atoms with E-state index in [4.69, 9.17) is 15.3 Å². The first kappa shape index (κ1) is 9.40. The van der Waals surface area contributed by atoms with E-state index in [0.717, 1.165) is 0 Å². The summed E-state index contributed by atoms with van der Waals surface area (Å²) in [5.74, 6) is -1.61. The minimum atomic E-state index is -2.42. The zero-order valence-corrected chi connectivity index (χ0v) is 6.34. The van der Waals surface area contributed by atoms with E-state index in [0.29, 0.717) is 0 Å². The summed E-state index contributed by atoms with van der Waals surface area (Å²) >= 11 is 0. The van der Waals surface area contributed by atoms with Crippen molar-refractivity contribution in [2.75, 3.05) is 0 Å². The largest absolute Gasteiger partial charge is 0.479 e. The fourth-order valence-corrected chi connectivity index (χ4v) is 1.15. The molecule has 0 aromatic rings. The van der Waals surface area contributed by atoms with Gasteiger partial charge >= 0.3 is 5.97 Å². The Morgan fingerprint density at radius 2 is 2.00 bits per heavy atom. The zero-order chi connectivity index (χ0) is 9.52. The minimum Gasteiger partial charge on any atom is -0.479 e. The van der Waals surface area contributed by atoms with E-state index in [-0.39, 0.29) is 0 Å². The predicted octanol–water partition coefficient (Wildman–Crippen LogP) is -2.10. The first-order valence-corrected chi connectivity index (χ1v) is 3.38. The molecule has 1 heterocycles. The Bertz CT molecular complexity index is 204. The van der Waals surface area contributed by atoms with Crippen molar-refractivity contribution in [2.24, 2.45) is 0 Å². The molecule has 0 aromatic heterocycles. The molecule has 1 rings (SSSR count). The second-order valence-electron chi connectivity index (χ2n) is 2.74. The lowest BCUT2D eigenvalue weighted by molar-refractivity contribution is -0.172. The van der Waals surface area contributed by atoms with Gasteiger partial charge in [-0.15, -0.1) is 0 Å². The number of ether oxygens (including phenoxy) is 1. The van der Waals surface area contributed by atoms with Crippen LogP contribution in [-0.2, 0) is 9.53 Å². The summed E-state index contributed by atoms with van der Waals surface area (Å²) in [6, 6.07) is 0. The normalized spacial score (nSPS) is 47.8. The fourth-order valence-electron chi connectivity index (χ4n) is 1.15. The zero-order valence-electron chi connectivity index (χ0n) is 6.34. The average molecular weight is 178 g/mol. The number of carboxylic acid groups (broad SMARTS) is 1. The van der Waals surface area contributed by atoms with Gasteiger partial charge in [0.05, 0.1) is 0 Å². The van der Waals surface area contributed by atoms with Crippen molar-refractivity contribution in [3.05, 3.63) is 0 Å². The lowest BCUT2D eigenvalue weighted by atomic mass is 9.94. The van der Waals surface area contributed by atoms with Crippen molar-refractivity contribution < 1.29 is 30.0 Å². The van der Waals surface area contributed by atoms with Gasteiger partial charge in [-0.2, -0.15) is 0 Å². The molecule has 1 unspecified atom stereocenters. The number of aliphatic hydroxyl groups is 3. The van der Waals surface area contributed by atoms with Crippen molar-refractivity contribution >= 4 is 5.97 Å². The molecule has 12 heavy (non-hydrogen) atoms. The second-order valence-corrected chi connectivity index (χ2v) is 2.74. The third-order valence-corrected chi connectivity index (χ3v) is 2.03. The van der Waals surface area contributed by atoms with Crippen LogP contribution in [-0.4, -0.2) is 50.5 Å². The molecule has 6 heteroatoms. The summed E-state index contributed by atoms with van der Waals surface area (Å²) < 4.78 is 4.53. The molecule has 1 fully saturated rings. The lowest BCUT2D eigenvalue weighted by Crippen LogP contribution is -2.53. The van der Waals surface area contributed by atoms with Crippen LogP contribution in [0.25, 0.3) is 0 Å². The van der Waals surface area contributed by atoms with Gasteiger partial charge in [-0.1, -0.05) is 0 Å². The summed E-state index contributed by atoms with van der Waals surface area (Å²) in [5, 5.41) is 35.8. The highest BCUT2D eigenvalue weighted by molar-refractivity contribution is 5.79. The number of carbonyl (C=O) groups is 1. The van der Waals surface area contributed by atoms with Crippen LogP contribution in [0.15, 0.2) is 0 Å². The van der Waals surface area contributed by atoms with Crippen LogP contribution >= 0.6 is 0 Å². The highest BCUT2D eigenvalue weighted by Gasteiger charge is 2.58. The summed E-state index contributed by atoms with van der Waals surface area (Å²) in [6.07, 6.45) is -4.61. The molecule has 70 valence electrons. The van der Waals surface area contributed by atoms with Crippen LogP contribution in [0.1, 0.15) is 6.92 Å². The van der Waals surface area contributed by atoms with Crippen LogP contribution in [0.3, 0.4) is 0 Å². The minimum absolute atomic E-state index is 1.14. The average Bonchev–Trinajstić information content (AvgIpc) is 2.16. The predicted molar refractivity (Wildman–Crippen MR) is 35.1 cm³/mol. The maximum absolute atomic E-state index is 10.5. The van der Waals surface area contributed by atoms with Crippen molar-refractivity contribution in [3.8, 4) is 0 Å². The number of hydrogen-bond donors (Lipinski definition) is 4. The highest BCUT2D eigenvalue weighted by Crippen LogP contribution is 2.29. The highest BCUT2D eigenvalue weighted by atomic mass is 16.6. The number of aliphatic hydroxyl groups excluding tert-OH is 2. The van der Waals surface area contributed by atoms with Gasteiger partial charge in [0.15, 0.2) is 6.29 Å². The standard InChI is InChI=1S/C6H10O6/c1-2-6(11,5(9)10)3(7)4(8)12-2/h2-4,7-8,11H,1H3,(H,9,10)/t2-,3+,4?,6+/m1/s1.